The lowest BCUT2D eigenvalue weighted by atomic mass is 10.1. The van der Waals surface area contributed by atoms with Crippen LogP contribution in [0.4, 0.5) is 5.69 Å². The van der Waals surface area contributed by atoms with E-state index in [0.717, 1.165) is 24.5 Å². The molecule has 18 heavy (non-hydrogen) atoms. The number of benzene rings is 1. The highest BCUT2D eigenvalue weighted by Gasteiger charge is 2.34. The summed E-state index contributed by atoms with van der Waals surface area (Å²) in [6, 6.07) is 6.13. The highest BCUT2D eigenvalue weighted by molar-refractivity contribution is 6.30. The fraction of sp³-hybridized carbons (Fsp3) is 0.571. The van der Waals surface area contributed by atoms with E-state index in [9.17, 15) is 0 Å². The highest BCUT2D eigenvalue weighted by Crippen LogP contribution is 2.32. The third-order valence-corrected chi connectivity index (χ3v) is 4.07. The number of fused-ring (bicyclic) bond motifs is 2. The lowest BCUT2D eigenvalue weighted by Gasteiger charge is -2.35. The molecule has 0 aliphatic carbocycles. The molecule has 2 aliphatic heterocycles. The lowest BCUT2D eigenvalue weighted by Crippen LogP contribution is -2.43. The molecule has 1 aromatic rings. The Balaban J connectivity index is 1.86. The van der Waals surface area contributed by atoms with Crippen molar-refractivity contribution >= 4 is 17.3 Å². The Hall–Kier alpha value is -0.770. The zero-order valence-corrected chi connectivity index (χ0v) is 11.2. The van der Waals surface area contributed by atoms with E-state index in [4.69, 9.17) is 22.1 Å². The van der Waals surface area contributed by atoms with Gasteiger partial charge in [-0.1, -0.05) is 11.6 Å². The molecule has 0 radical (unpaired) electrons. The maximum absolute atomic E-state index is 6.08. The molecule has 2 atom stereocenters. The molecule has 2 bridgehead atoms. The van der Waals surface area contributed by atoms with Crippen LogP contribution in [0.25, 0.3) is 0 Å². The molecular weight excluding hydrogens is 248 g/mol. The van der Waals surface area contributed by atoms with E-state index in [1.165, 1.54) is 24.1 Å². The molecule has 0 spiro atoms. The lowest BCUT2D eigenvalue weighted by molar-refractivity contribution is 0.0304. The van der Waals surface area contributed by atoms with E-state index < -0.39 is 0 Å². The summed E-state index contributed by atoms with van der Waals surface area (Å²) in [7, 11) is 0. The van der Waals surface area contributed by atoms with Crippen molar-refractivity contribution in [3.05, 3.63) is 28.8 Å². The first-order valence-corrected chi connectivity index (χ1v) is 7.03. The molecule has 2 aliphatic rings. The van der Waals surface area contributed by atoms with Gasteiger partial charge in [-0.2, -0.15) is 0 Å². The minimum atomic E-state index is 0.408. The fourth-order valence-corrected chi connectivity index (χ4v) is 3.22. The van der Waals surface area contributed by atoms with Gasteiger partial charge in [0.1, 0.15) is 0 Å². The highest BCUT2D eigenvalue weighted by atomic mass is 35.5. The number of nitrogens with zero attached hydrogens (tertiary/aromatic N) is 1. The quantitative estimate of drug-likeness (QED) is 0.912. The van der Waals surface area contributed by atoms with Gasteiger partial charge in [-0.15, -0.1) is 0 Å². The Morgan fingerprint density at radius 3 is 2.67 bits per heavy atom. The van der Waals surface area contributed by atoms with Gasteiger partial charge in [0.05, 0.1) is 12.2 Å². The fourth-order valence-electron chi connectivity index (χ4n) is 3.03. The minimum Gasteiger partial charge on any atom is -0.371 e. The first-order chi connectivity index (χ1) is 8.76. The zero-order valence-electron chi connectivity index (χ0n) is 10.4. The van der Waals surface area contributed by atoms with Crippen LogP contribution < -0.4 is 10.6 Å². The van der Waals surface area contributed by atoms with Crippen molar-refractivity contribution in [2.75, 3.05) is 24.5 Å². The molecule has 0 aromatic heterocycles. The predicted octanol–water partition coefficient (Wildman–Crippen LogP) is 2.21. The molecule has 2 fully saturated rings. The first kappa shape index (κ1) is 12.3. The van der Waals surface area contributed by atoms with Gasteiger partial charge < -0.3 is 15.4 Å². The topological polar surface area (TPSA) is 38.5 Å². The summed E-state index contributed by atoms with van der Waals surface area (Å²) in [5, 5.41) is 0.790. The average molecular weight is 267 g/mol. The standard InChI is InChI=1S/C14H19ClN2O/c15-11-1-4-14(10(7-11)5-6-16)17-8-12-2-3-13(9-17)18-12/h1,4,7,12-13H,2-3,5-6,8-9,16H2. The maximum atomic E-state index is 6.08. The zero-order chi connectivity index (χ0) is 12.5. The smallest absolute Gasteiger partial charge is 0.0755 e. The minimum absolute atomic E-state index is 0.408. The number of hydrogen-bond donors (Lipinski definition) is 1. The Labute approximate surface area is 113 Å². The SMILES string of the molecule is NCCc1cc(Cl)ccc1N1CC2CCC(C1)O2. The summed E-state index contributed by atoms with van der Waals surface area (Å²) in [4.78, 5) is 2.44. The van der Waals surface area contributed by atoms with E-state index >= 15 is 0 Å². The summed E-state index contributed by atoms with van der Waals surface area (Å²) < 4.78 is 5.88. The number of morpholine rings is 1. The molecular formula is C14H19ClN2O. The molecule has 3 rings (SSSR count). The number of anilines is 1. The van der Waals surface area contributed by atoms with Crippen LogP contribution in [-0.2, 0) is 11.2 Å². The summed E-state index contributed by atoms with van der Waals surface area (Å²) in [6.07, 6.45) is 4.08. The van der Waals surface area contributed by atoms with Gasteiger partial charge in [-0.25, -0.2) is 0 Å². The average Bonchev–Trinajstić information content (AvgIpc) is 2.69. The van der Waals surface area contributed by atoms with E-state index in [0.29, 0.717) is 18.8 Å². The van der Waals surface area contributed by atoms with Crippen LogP contribution in [0.3, 0.4) is 0 Å². The molecule has 3 nitrogen and oxygen atoms in total. The number of nitrogens with two attached hydrogens (primary N) is 1. The second-order valence-electron chi connectivity index (χ2n) is 5.17. The molecule has 2 N–H and O–H groups in total. The summed E-state index contributed by atoms with van der Waals surface area (Å²) >= 11 is 6.08. The first-order valence-electron chi connectivity index (χ1n) is 6.65. The Bertz CT molecular complexity index is 426. The van der Waals surface area contributed by atoms with Crippen LogP contribution in [0.5, 0.6) is 0 Å². The van der Waals surface area contributed by atoms with E-state index in [1.807, 2.05) is 12.1 Å². The Morgan fingerprint density at radius 2 is 2.00 bits per heavy atom. The van der Waals surface area contributed by atoms with Gasteiger partial charge in [0.25, 0.3) is 0 Å². The van der Waals surface area contributed by atoms with Gasteiger partial charge in [-0.3, -0.25) is 0 Å². The number of ether oxygens (including phenoxy) is 1. The third kappa shape index (κ3) is 2.35. The van der Waals surface area contributed by atoms with Crippen LogP contribution in [0.2, 0.25) is 5.02 Å². The van der Waals surface area contributed by atoms with Gasteiger partial charge in [0.2, 0.25) is 0 Å². The van der Waals surface area contributed by atoms with Crippen LogP contribution >= 0.6 is 11.6 Å². The second kappa shape index (κ2) is 5.08. The van der Waals surface area contributed by atoms with Crippen LogP contribution in [0.15, 0.2) is 18.2 Å². The maximum Gasteiger partial charge on any atom is 0.0755 e. The van der Waals surface area contributed by atoms with E-state index in [2.05, 4.69) is 11.0 Å². The van der Waals surface area contributed by atoms with Crippen molar-refractivity contribution < 1.29 is 4.74 Å². The van der Waals surface area contributed by atoms with Crippen LogP contribution in [0, 0.1) is 0 Å². The van der Waals surface area contributed by atoms with E-state index in [-0.39, 0.29) is 0 Å². The van der Waals surface area contributed by atoms with E-state index in [1.54, 1.807) is 0 Å². The summed E-state index contributed by atoms with van der Waals surface area (Å²) in [5.74, 6) is 0. The molecule has 2 saturated heterocycles. The number of halogens is 1. The molecule has 98 valence electrons. The van der Waals surface area contributed by atoms with Crippen LogP contribution in [0.1, 0.15) is 18.4 Å². The van der Waals surface area contributed by atoms with Crippen molar-refractivity contribution in [1.29, 1.82) is 0 Å². The molecule has 2 unspecified atom stereocenters. The van der Waals surface area contributed by atoms with Crippen LogP contribution in [-0.4, -0.2) is 31.8 Å². The predicted molar refractivity (Wildman–Crippen MR) is 74.3 cm³/mol. The summed E-state index contributed by atoms with van der Waals surface area (Å²) in [5.41, 5.74) is 8.23. The number of rotatable bonds is 3. The summed E-state index contributed by atoms with van der Waals surface area (Å²) in [6.45, 7) is 2.65. The van der Waals surface area contributed by atoms with Crippen molar-refractivity contribution in [2.24, 2.45) is 5.73 Å². The molecule has 1 aromatic carbocycles. The largest absolute Gasteiger partial charge is 0.371 e. The molecule has 2 heterocycles. The normalized spacial score (nSPS) is 26.7. The van der Waals surface area contributed by atoms with Gasteiger partial charge in [0.15, 0.2) is 0 Å². The van der Waals surface area contributed by atoms with Crippen molar-refractivity contribution in [1.82, 2.24) is 0 Å². The molecule has 0 saturated carbocycles. The van der Waals surface area contributed by atoms with Crippen molar-refractivity contribution in [2.45, 2.75) is 31.5 Å². The van der Waals surface area contributed by atoms with Gasteiger partial charge >= 0.3 is 0 Å². The van der Waals surface area contributed by atoms with Gasteiger partial charge in [0, 0.05) is 23.8 Å². The third-order valence-electron chi connectivity index (χ3n) is 3.84. The van der Waals surface area contributed by atoms with Gasteiger partial charge in [-0.05, 0) is 49.6 Å². The Kier molecular flexibility index (Phi) is 3.46. The molecule has 0 amide bonds. The number of hydrogen-bond acceptors (Lipinski definition) is 3. The second-order valence-corrected chi connectivity index (χ2v) is 5.61. The van der Waals surface area contributed by atoms with Crippen molar-refractivity contribution in [3.8, 4) is 0 Å². The monoisotopic (exact) mass is 266 g/mol. The molecule has 4 heteroatoms. The van der Waals surface area contributed by atoms with Crippen molar-refractivity contribution in [3.63, 3.8) is 0 Å². The Morgan fingerprint density at radius 1 is 1.28 bits per heavy atom.